The van der Waals surface area contributed by atoms with Gasteiger partial charge >= 0.3 is 0 Å². The summed E-state index contributed by atoms with van der Waals surface area (Å²) in [6.45, 7) is 2.03. The van der Waals surface area contributed by atoms with Gasteiger partial charge in [-0.05, 0) is 19.1 Å². The van der Waals surface area contributed by atoms with Crippen LogP contribution >= 0.6 is 0 Å². The summed E-state index contributed by atoms with van der Waals surface area (Å²) in [6.07, 6.45) is 2.61. The van der Waals surface area contributed by atoms with Gasteiger partial charge in [0.05, 0.1) is 13.3 Å². The molecule has 0 spiro atoms. The van der Waals surface area contributed by atoms with Gasteiger partial charge in [-0.2, -0.15) is 5.10 Å². The second-order valence-corrected chi connectivity index (χ2v) is 4.10. The third-order valence-electron chi connectivity index (χ3n) is 2.62. The molecule has 1 atom stereocenters. The summed E-state index contributed by atoms with van der Waals surface area (Å²) >= 11 is 0. The first kappa shape index (κ1) is 12.2. The van der Waals surface area contributed by atoms with E-state index in [0.717, 1.165) is 29.0 Å². The molecule has 2 rings (SSSR count). The number of methoxy groups -OCH3 is 1. The number of guanidine groups is 1. The minimum absolute atomic E-state index is 0.0868. The fraction of sp³-hybridized carbons (Fsp3) is 0.333. The Hall–Kier alpha value is -2.24. The number of fused-ring (bicyclic) bond motifs is 1. The fourth-order valence-corrected chi connectivity index (χ4v) is 1.89. The molecule has 4 N–H and O–H groups in total. The maximum atomic E-state index is 5.67. The Morgan fingerprint density at radius 1 is 1.50 bits per heavy atom. The van der Waals surface area contributed by atoms with Gasteiger partial charge in [0.15, 0.2) is 0 Å². The van der Waals surface area contributed by atoms with Crippen molar-refractivity contribution in [3.8, 4) is 11.5 Å². The van der Waals surface area contributed by atoms with Crippen molar-refractivity contribution in [1.29, 1.82) is 0 Å². The van der Waals surface area contributed by atoms with Crippen molar-refractivity contribution in [2.45, 2.75) is 19.4 Å². The van der Waals surface area contributed by atoms with E-state index >= 15 is 0 Å². The molecule has 0 bridgehead atoms. The summed E-state index contributed by atoms with van der Waals surface area (Å²) in [7, 11) is 1.61. The number of hydrogen-bond donors (Lipinski definition) is 2. The maximum Gasteiger partial charge on any atom is 0.211 e. The molecule has 0 amide bonds. The molecule has 0 saturated carbocycles. The van der Waals surface area contributed by atoms with Crippen LogP contribution in [0.3, 0.4) is 0 Å². The van der Waals surface area contributed by atoms with Gasteiger partial charge in [-0.3, -0.25) is 0 Å². The van der Waals surface area contributed by atoms with Crippen LogP contribution in [-0.4, -0.2) is 25.4 Å². The van der Waals surface area contributed by atoms with Gasteiger partial charge in [0.1, 0.15) is 17.6 Å². The van der Waals surface area contributed by atoms with Crippen molar-refractivity contribution in [1.82, 2.24) is 0 Å². The zero-order valence-corrected chi connectivity index (χ0v) is 10.4. The van der Waals surface area contributed by atoms with Crippen molar-refractivity contribution < 1.29 is 9.47 Å². The van der Waals surface area contributed by atoms with Gasteiger partial charge in [0, 0.05) is 17.5 Å². The van der Waals surface area contributed by atoms with Crippen LogP contribution in [0.5, 0.6) is 11.5 Å². The summed E-state index contributed by atoms with van der Waals surface area (Å²) in [5.74, 6) is 1.49. The van der Waals surface area contributed by atoms with Crippen molar-refractivity contribution in [3.05, 3.63) is 23.3 Å². The third-order valence-corrected chi connectivity index (χ3v) is 2.62. The average Bonchev–Trinajstić information content (AvgIpc) is 2.66. The van der Waals surface area contributed by atoms with Crippen LogP contribution in [0.25, 0.3) is 0 Å². The molecule has 18 heavy (non-hydrogen) atoms. The topological polar surface area (TPSA) is 95.2 Å². The van der Waals surface area contributed by atoms with Crippen molar-refractivity contribution in [3.63, 3.8) is 0 Å². The molecule has 6 heteroatoms. The second-order valence-electron chi connectivity index (χ2n) is 4.10. The van der Waals surface area contributed by atoms with E-state index in [-0.39, 0.29) is 12.1 Å². The van der Waals surface area contributed by atoms with Crippen LogP contribution in [0.1, 0.15) is 18.1 Å². The van der Waals surface area contributed by atoms with Crippen LogP contribution in [0.4, 0.5) is 0 Å². The van der Waals surface area contributed by atoms with Gasteiger partial charge < -0.3 is 20.9 Å². The predicted octanol–water partition coefficient (Wildman–Crippen LogP) is 0.626. The molecule has 96 valence electrons. The van der Waals surface area contributed by atoms with Gasteiger partial charge in [-0.15, -0.1) is 5.10 Å². The van der Waals surface area contributed by atoms with Crippen LogP contribution in [0.2, 0.25) is 0 Å². The van der Waals surface area contributed by atoms with Crippen molar-refractivity contribution >= 4 is 12.2 Å². The van der Waals surface area contributed by atoms with E-state index in [4.69, 9.17) is 20.9 Å². The van der Waals surface area contributed by atoms with Crippen molar-refractivity contribution in [2.75, 3.05) is 7.11 Å². The Bertz CT molecular complexity index is 507. The van der Waals surface area contributed by atoms with Crippen molar-refractivity contribution in [2.24, 2.45) is 21.7 Å². The van der Waals surface area contributed by atoms with E-state index in [0.29, 0.717) is 0 Å². The van der Waals surface area contributed by atoms with Crippen LogP contribution in [0.15, 0.2) is 22.3 Å². The molecule has 0 aromatic heterocycles. The van der Waals surface area contributed by atoms with Crippen LogP contribution < -0.4 is 20.9 Å². The number of nitrogens with two attached hydrogens (primary N) is 2. The largest absolute Gasteiger partial charge is 0.496 e. The normalized spacial score (nSPS) is 17.3. The Morgan fingerprint density at radius 2 is 2.28 bits per heavy atom. The van der Waals surface area contributed by atoms with Gasteiger partial charge in [-0.1, -0.05) is 0 Å². The number of ether oxygens (including phenoxy) is 2. The van der Waals surface area contributed by atoms with Crippen LogP contribution in [-0.2, 0) is 6.42 Å². The highest BCUT2D eigenvalue weighted by atomic mass is 16.5. The Balaban J connectivity index is 2.33. The minimum Gasteiger partial charge on any atom is -0.496 e. The van der Waals surface area contributed by atoms with E-state index in [1.165, 1.54) is 6.21 Å². The molecule has 1 aromatic carbocycles. The molecule has 6 nitrogen and oxygen atoms in total. The quantitative estimate of drug-likeness (QED) is 0.466. The van der Waals surface area contributed by atoms with Crippen LogP contribution in [0, 0.1) is 0 Å². The van der Waals surface area contributed by atoms with Gasteiger partial charge in [0.25, 0.3) is 0 Å². The number of hydrogen-bond acceptors (Lipinski definition) is 4. The average molecular weight is 248 g/mol. The molecule has 1 aromatic rings. The lowest BCUT2D eigenvalue weighted by atomic mass is 10.1. The van der Waals surface area contributed by atoms with E-state index in [2.05, 4.69) is 10.2 Å². The zero-order valence-electron chi connectivity index (χ0n) is 10.4. The summed E-state index contributed by atoms with van der Waals surface area (Å²) < 4.78 is 11.0. The summed E-state index contributed by atoms with van der Waals surface area (Å²) in [4.78, 5) is 0. The van der Waals surface area contributed by atoms with Gasteiger partial charge in [-0.25, -0.2) is 0 Å². The molecular formula is C12H16N4O2. The first-order valence-electron chi connectivity index (χ1n) is 5.59. The Kier molecular flexibility index (Phi) is 3.36. The lowest BCUT2D eigenvalue weighted by Crippen LogP contribution is -2.21. The highest BCUT2D eigenvalue weighted by Crippen LogP contribution is 2.34. The second kappa shape index (κ2) is 4.95. The minimum atomic E-state index is -0.0868. The first-order chi connectivity index (χ1) is 8.60. The fourth-order valence-electron chi connectivity index (χ4n) is 1.89. The number of benzene rings is 1. The summed E-state index contributed by atoms with van der Waals surface area (Å²) in [5.41, 5.74) is 12.3. The van der Waals surface area contributed by atoms with Gasteiger partial charge in [0.2, 0.25) is 5.96 Å². The summed E-state index contributed by atoms with van der Waals surface area (Å²) in [5, 5.41) is 7.32. The summed E-state index contributed by atoms with van der Waals surface area (Å²) in [6, 6.07) is 3.83. The highest BCUT2D eigenvalue weighted by molar-refractivity contribution is 5.85. The standard InChI is InChI=1S/C12H16N4O2/c1-7-3-8-4-10(17-2)9(5-11(8)18-7)6-15-16-12(13)14/h4-7H,3H2,1-2H3,(H4,13,14,16)/b15-6-/t7-/m1/s1. The lowest BCUT2D eigenvalue weighted by Gasteiger charge is -2.07. The molecule has 0 fully saturated rings. The number of rotatable bonds is 3. The van der Waals surface area contributed by atoms with E-state index in [1.54, 1.807) is 7.11 Å². The molecule has 0 saturated heterocycles. The molecule has 0 aliphatic carbocycles. The first-order valence-corrected chi connectivity index (χ1v) is 5.59. The van der Waals surface area contributed by atoms with E-state index in [1.807, 2.05) is 19.1 Å². The zero-order chi connectivity index (χ0) is 13.1. The maximum absolute atomic E-state index is 5.67. The van der Waals surface area contributed by atoms with E-state index in [9.17, 15) is 0 Å². The van der Waals surface area contributed by atoms with E-state index < -0.39 is 0 Å². The SMILES string of the molecule is COc1cc2c(cc1/C=N\N=C(N)N)O[C@H](C)C2. The Morgan fingerprint density at radius 3 is 2.94 bits per heavy atom. The third kappa shape index (κ3) is 2.53. The molecule has 0 radical (unpaired) electrons. The number of nitrogens with zero attached hydrogens (tertiary/aromatic N) is 2. The monoisotopic (exact) mass is 248 g/mol. The molecule has 1 heterocycles. The molecule has 0 unspecified atom stereocenters. The highest BCUT2D eigenvalue weighted by Gasteiger charge is 2.21. The predicted molar refractivity (Wildman–Crippen MR) is 70.2 cm³/mol. The molecule has 1 aliphatic rings. The molecule has 1 aliphatic heterocycles. The molecular weight excluding hydrogens is 232 g/mol. The Labute approximate surface area is 105 Å². The lowest BCUT2D eigenvalue weighted by molar-refractivity contribution is 0.254. The smallest absolute Gasteiger partial charge is 0.211 e.